The molecule has 2 rings (SSSR count). The zero-order valence-electron chi connectivity index (χ0n) is 11.9. The normalized spacial score (nSPS) is 18.6. The van der Waals surface area contributed by atoms with Gasteiger partial charge in [-0.25, -0.2) is 4.39 Å². The molecule has 0 aliphatic carbocycles. The summed E-state index contributed by atoms with van der Waals surface area (Å²) in [6.45, 7) is 5.81. The van der Waals surface area contributed by atoms with E-state index in [1.165, 1.54) is 0 Å². The summed E-state index contributed by atoms with van der Waals surface area (Å²) in [6.07, 6.45) is 1.66. The highest BCUT2D eigenvalue weighted by Crippen LogP contribution is 2.22. The SMILES string of the molecule is CCC(N)Cc1ccc(N2CCN(C)CC2)c(F)c1. The molecule has 0 bridgehead atoms. The van der Waals surface area contributed by atoms with Crippen molar-refractivity contribution in [1.29, 1.82) is 0 Å². The van der Waals surface area contributed by atoms with Gasteiger partial charge in [0.15, 0.2) is 0 Å². The number of nitrogens with two attached hydrogens (primary N) is 1. The first-order valence-corrected chi connectivity index (χ1v) is 7.07. The number of piperazine rings is 1. The lowest BCUT2D eigenvalue weighted by Crippen LogP contribution is -2.44. The minimum atomic E-state index is -0.120. The van der Waals surface area contributed by atoms with E-state index in [1.54, 1.807) is 6.07 Å². The second-order valence-electron chi connectivity index (χ2n) is 5.45. The van der Waals surface area contributed by atoms with Crippen LogP contribution in [0.5, 0.6) is 0 Å². The van der Waals surface area contributed by atoms with Crippen LogP contribution in [0.2, 0.25) is 0 Å². The third kappa shape index (κ3) is 3.67. The van der Waals surface area contributed by atoms with Crippen molar-refractivity contribution >= 4 is 5.69 Å². The fourth-order valence-corrected chi connectivity index (χ4v) is 2.43. The third-order valence-corrected chi connectivity index (χ3v) is 3.88. The molecule has 106 valence electrons. The highest BCUT2D eigenvalue weighted by molar-refractivity contribution is 5.49. The fraction of sp³-hybridized carbons (Fsp3) is 0.600. The lowest BCUT2D eigenvalue weighted by molar-refractivity contribution is 0.311. The molecule has 1 aliphatic rings. The zero-order valence-corrected chi connectivity index (χ0v) is 11.9. The quantitative estimate of drug-likeness (QED) is 0.902. The predicted octanol–water partition coefficient (Wildman–Crippen LogP) is 1.86. The van der Waals surface area contributed by atoms with Crippen LogP contribution in [0.25, 0.3) is 0 Å². The molecule has 1 unspecified atom stereocenters. The van der Waals surface area contributed by atoms with Gasteiger partial charge in [-0.1, -0.05) is 13.0 Å². The Morgan fingerprint density at radius 1 is 1.26 bits per heavy atom. The molecule has 1 aromatic carbocycles. The smallest absolute Gasteiger partial charge is 0.146 e. The van der Waals surface area contributed by atoms with Crippen molar-refractivity contribution in [2.75, 3.05) is 38.1 Å². The highest BCUT2D eigenvalue weighted by atomic mass is 19.1. The molecule has 1 fully saturated rings. The van der Waals surface area contributed by atoms with Gasteiger partial charge in [0.05, 0.1) is 5.69 Å². The minimum Gasteiger partial charge on any atom is -0.367 e. The fourth-order valence-electron chi connectivity index (χ4n) is 2.43. The molecule has 4 heteroatoms. The number of likely N-dealkylation sites (N-methyl/N-ethyl adjacent to an activating group) is 1. The Morgan fingerprint density at radius 2 is 1.95 bits per heavy atom. The van der Waals surface area contributed by atoms with Crippen LogP contribution in [0.15, 0.2) is 18.2 Å². The summed E-state index contributed by atoms with van der Waals surface area (Å²) in [6, 6.07) is 5.67. The van der Waals surface area contributed by atoms with Gasteiger partial charge < -0.3 is 15.5 Å². The van der Waals surface area contributed by atoms with E-state index in [9.17, 15) is 4.39 Å². The maximum absolute atomic E-state index is 14.2. The second kappa shape index (κ2) is 6.35. The largest absolute Gasteiger partial charge is 0.367 e. The Morgan fingerprint density at radius 3 is 2.53 bits per heavy atom. The zero-order chi connectivity index (χ0) is 13.8. The van der Waals surface area contributed by atoms with Crippen LogP contribution in [0.4, 0.5) is 10.1 Å². The van der Waals surface area contributed by atoms with Gasteiger partial charge in [-0.05, 0) is 37.6 Å². The average molecular weight is 265 g/mol. The molecular formula is C15H24FN3. The van der Waals surface area contributed by atoms with Crippen molar-refractivity contribution in [2.45, 2.75) is 25.8 Å². The van der Waals surface area contributed by atoms with Crippen LogP contribution in [-0.4, -0.2) is 44.2 Å². The molecule has 3 nitrogen and oxygen atoms in total. The van der Waals surface area contributed by atoms with Crippen LogP contribution in [0.1, 0.15) is 18.9 Å². The van der Waals surface area contributed by atoms with Gasteiger partial charge in [-0.2, -0.15) is 0 Å². The predicted molar refractivity (Wildman–Crippen MR) is 78.1 cm³/mol. The number of hydrogen-bond donors (Lipinski definition) is 1. The van der Waals surface area contributed by atoms with Crippen molar-refractivity contribution in [1.82, 2.24) is 4.90 Å². The topological polar surface area (TPSA) is 32.5 Å². The van der Waals surface area contributed by atoms with Crippen molar-refractivity contribution in [3.8, 4) is 0 Å². The van der Waals surface area contributed by atoms with Crippen molar-refractivity contribution in [2.24, 2.45) is 5.73 Å². The van der Waals surface area contributed by atoms with Crippen LogP contribution in [-0.2, 0) is 6.42 Å². The van der Waals surface area contributed by atoms with Gasteiger partial charge >= 0.3 is 0 Å². The number of rotatable bonds is 4. The van der Waals surface area contributed by atoms with Crippen LogP contribution >= 0.6 is 0 Å². The summed E-state index contributed by atoms with van der Waals surface area (Å²) >= 11 is 0. The first-order chi connectivity index (χ1) is 9.10. The lowest BCUT2D eigenvalue weighted by Gasteiger charge is -2.34. The number of halogens is 1. The summed E-state index contributed by atoms with van der Waals surface area (Å²) < 4.78 is 14.2. The van der Waals surface area contributed by atoms with E-state index in [0.29, 0.717) is 0 Å². The van der Waals surface area contributed by atoms with Gasteiger partial charge in [0, 0.05) is 32.2 Å². The molecule has 0 aromatic heterocycles. The van der Waals surface area contributed by atoms with Gasteiger partial charge in [0.2, 0.25) is 0 Å². The van der Waals surface area contributed by atoms with E-state index < -0.39 is 0 Å². The maximum atomic E-state index is 14.2. The van der Waals surface area contributed by atoms with Gasteiger partial charge in [0.1, 0.15) is 5.82 Å². The number of hydrogen-bond acceptors (Lipinski definition) is 3. The third-order valence-electron chi connectivity index (χ3n) is 3.88. The summed E-state index contributed by atoms with van der Waals surface area (Å²) in [5, 5.41) is 0. The molecular weight excluding hydrogens is 241 g/mol. The van der Waals surface area contributed by atoms with E-state index in [4.69, 9.17) is 5.73 Å². The Labute approximate surface area is 115 Å². The van der Waals surface area contributed by atoms with Crippen molar-refractivity contribution in [3.05, 3.63) is 29.6 Å². The van der Waals surface area contributed by atoms with E-state index in [1.807, 2.05) is 12.1 Å². The summed E-state index contributed by atoms with van der Waals surface area (Å²) in [4.78, 5) is 4.39. The molecule has 1 aliphatic heterocycles. The van der Waals surface area contributed by atoms with Crippen molar-refractivity contribution < 1.29 is 4.39 Å². The minimum absolute atomic E-state index is 0.119. The molecule has 1 aromatic rings. The second-order valence-corrected chi connectivity index (χ2v) is 5.45. The first-order valence-electron chi connectivity index (χ1n) is 7.07. The van der Waals surface area contributed by atoms with E-state index in [2.05, 4.69) is 23.8 Å². The Hall–Kier alpha value is -1.13. The first kappa shape index (κ1) is 14.3. The lowest BCUT2D eigenvalue weighted by atomic mass is 10.0. The molecule has 0 spiro atoms. The van der Waals surface area contributed by atoms with Gasteiger partial charge in [-0.3, -0.25) is 0 Å². The molecule has 0 radical (unpaired) electrons. The maximum Gasteiger partial charge on any atom is 0.146 e. The Bertz CT molecular complexity index is 414. The monoisotopic (exact) mass is 265 g/mol. The van der Waals surface area contributed by atoms with Crippen LogP contribution in [0.3, 0.4) is 0 Å². The summed E-state index contributed by atoms with van der Waals surface area (Å²) in [7, 11) is 2.10. The average Bonchev–Trinajstić information content (AvgIpc) is 2.40. The molecule has 0 saturated carbocycles. The summed E-state index contributed by atoms with van der Waals surface area (Å²) in [5.41, 5.74) is 7.63. The Balaban J connectivity index is 2.06. The number of benzene rings is 1. The number of anilines is 1. The van der Waals surface area contributed by atoms with Crippen LogP contribution in [0, 0.1) is 5.82 Å². The molecule has 1 saturated heterocycles. The molecule has 1 heterocycles. The van der Waals surface area contributed by atoms with Gasteiger partial charge in [-0.15, -0.1) is 0 Å². The molecule has 19 heavy (non-hydrogen) atoms. The molecule has 2 N–H and O–H groups in total. The highest BCUT2D eigenvalue weighted by Gasteiger charge is 2.17. The Kier molecular flexibility index (Phi) is 4.77. The van der Waals surface area contributed by atoms with Crippen molar-refractivity contribution in [3.63, 3.8) is 0 Å². The standard InChI is InChI=1S/C15H24FN3/c1-3-13(17)10-12-4-5-15(14(16)11-12)19-8-6-18(2)7-9-19/h4-5,11,13H,3,6-10,17H2,1-2H3. The van der Waals surface area contributed by atoms with Crippen LogP contribution < -0.4 is 10.6 Å². The number of nitrogens with zero attached hydrogens (tertiary/aromatic N) is 2. The van der Waals surface area contributed by atoms with Gasteiger partial charge in [0.25, 0.3) is 0 Å². The summed E-state index contributed by atoms with van der Waals surface area (Å²) in [5.74, 6) is -0.120. The molecule has 1 atom stereocenters. The van der Waals surface area contributed by atoms with E-state index in [0.717, 1.165) is 50.3 Å². The molecule has 0 amide bonds. The van der Waals surface area contributed by atoms with E-state index >= 15 is 0 Å². The van der Waals surface area contributed by atoms with E-state index in [-0.39, 0.29) is 11.9 Å².